The van der Waals surface area contributed by atoms with Crippen LogP contribution in [-0.4, -0.2) is 65.5 Å². The van der Waals surface area contributed by atoms with E-state index >= 15 is 0 Å². The number of amides is 3. The molecule has 0 aromatic carbocycles. The normalized spacial score (nSPS) is 16.1. The van der Waals surface area contributed by atoms with Crippen molar-refractivity contribution in [1.82, 2.24) is 15.1 Å². The van der Waals surface area contributed by atoms with Crippen molar-refractivity contribution in [3.05, 3.63) is 0 Å². The third kappa shape index (κ3) is 4.40. The number of carbonyl (C=O) groups excluding carboxylic acids is 2. The third-order valence-electron chi connectivity index (χ3n) is 3.39. The lowest BCUT2D eigenvalue weighted by Gasteiger charge is -2.24. The zero-order valence-electron chi connectivity index (χ0n) is 12.3. The molecule has 7 heteroatoms. The van der Waals surface area contributed by atoms with Gasteiger partial charge < -0.3 is 20.2 Å². The number of hydrogen-bond donors (Lipinski definition) is 2. The number of aliphatic carboxylic acids is 1. The molecule has 0 aromatic heterocycles. The molecule has 0 bridgehead atoms. The van der Waals surface area contributed by atoms with E-state index in [1.54, 1.807) is 18.7 Å². The molecule has 0 radical (unpaired) electrons. The van der Waals surface area contributed by atoms with Gasteiger partial charge in [-0.25, -0.2) is 9.59 Å². The van der Waals surface area contributed by atoms with Gasteiger partial charge in [0.25, 0.3) is 0 Å². The Balaban J connectivity index is 2.49. The fourth-order valence-electron chi connectivity index (χ4n) is 2.10. The quantitative estimate of drug-likeness (QED) is 0.763. The molecule has 114 valence electrons. The summed E-state index contributed by atoms with van der Waals surface area (Å²) in [5.41, 5.74) is 0. The molecule has 7 nitrogen and oxygen atoms in total. The molecule has 0 aromatic rings. The van der Waals surface area contributed by atoms with Crippen molar-refractivity contribution in [3.8, 4) is 0 Å². The van der Waals surface area contributed by atoms with Crippen molar-refractivity contribution in [2.75, 3.05) is 26.7 Å². The summed E-state index contributed by atoms with van der Waals surface area (Å²) in [6.45, 7) is 4.87. The predicted octanol–water partition coefficient (Wildman–Crippen LogP) is 0.359. The Hall–Kier alpha value is -1.79. The van der Waals surface area contributed by atoms with Crippen LogP contribution in [0.15, 0.2) is 0 Å². The van der Waals surface area contributed by atoms with Crippen LogP contribution in [0.25, 0.3) is 0 Å². The summed E-state index contributed by atoms with van der Waals surface area (Å²) in [4.78, 5) is 37.8. The number of nitrogens with one attached hydrogen (secondary N) is 1. The van der Waals surface area contributed by atoms with Crippen molar-refractivity contribution >= 4 is 17.9 Å². The van der Waals surface area contributed by atoms with Gasteiger partial charge in [-0.3, -0.25) is 4.79 Å². The number of carboxylic acid groups (broad SMARTS) is 1. The van der Waals surface area contributed by atoms with Crippen LogP contribution in [0.2, 0.25) is 0 Å². The highest BCUT2D eigenvalue weighted by Crippen LogP contribution is 2.08. The van der Waals surface area contributed by atoms with Crippen molar-refractivity contribution < 1.29 is 19.5 Å². The van der Waals surface area contributed by atoms with Gasteiger partial charge in [-0.1, -0.05) is 13.8 Å². The minimum absolute atomic E-state index is 0.0315. The van der Waals surface area contributed by atoms with Crippen LogP contribution in [-0.2, 0) is 9.59 Å². The van der Waals surface area contributed by atoms with Crippen LogP contribution < -0.4 is 5.32 Å². The molecule has 1 aliphatic rings. The van der Waals surface area contributed by atoms with Gasteiger partial charge in [0, 0.05) is 20.1 Å². The molecular formula is C13H23N3O4. The number of likely N-dealkylation sites (N-methyl/N-ethyl adjacent to an activating group) is 1. The second kappa shape index (κ2) is 7.12. The molecule has 1 rings (SSSR count). The molecule has 3 amide bonds. The Morgan fingerprint density at radius 2 is 1.80 bits per heavy atom. The van der Waals surface area contributed by atoms with Crippen molar-refractivity contribution in [2.24, 2.45) is 5.92 Å². The molecule has 1 fully saturated rings. The number of carbonyl (C=O) groups is 3. The zero-order chi connectivity index (χ0) is 15.3. The van der Waals surface area contributed by atoms with Crippen LogP contribution in [0.1, 0.15) is 26.7 Å². The smallest absolute Gasteiger partial charge is 0.326 e. The molecule has 1 heterocycles. The maximum atomic E-state index is 11.9. The van der Waals surface area contributed by atoms with Gasteiger partial charge >= 0.3 is 12.0 Å². The van der Waals surface area contributed by atoms with E-state index in [1.807, 2.05) is 0 Å². The van der Waals surface area contributed by atoms with Gasteiger partial charge in [0.1, 0.15) is 12.6 Å². The number of urea groups is 1. The summed E-state index contributed by atoms with van der Waals surface area (Å²) in [7, 11) is 1.49. The Morgan fingerprint density at radius 1 is 1.25 bits per heavy atom. The summed E-state index contributed by atoms with van der Waals surface area (Å²) in [6, 6.07) is -1.49. The molecular weight excluding hydrogens is 262 g/mol. The van der Waals surface area contributed by atoms with Crippen molar-refractivity contribution in [1.29, 1.82) is 0 Å². The molecule has 0 spiro atoms. The first-order valence-electron chi connectivity index (χ1n) is 6.85. The molecule has 20 heavy (non-hydrogen) atoms. The van der Waals surface area contributed by atoms with Crippen LogP contribution in [0.4, 0.5) is 4.79 Å². The summed E-state index contributed by atoms with van der Waals surface area (Å²) in [6.07, 6.45) is 1.99. The SMILES string of the molecule is CC(C)[C@H](NC(=O)N(C)CC(=O)N1CCCC1)C(=O)O. The molecule has 0 unspecified atom stereocenters. The second-order valence-corrected chi connectivity index (χ2v) is 5.45. The summed E-state index contributed by atoms with van der Waals surface area (Å²) < 4.78 is 0. The standard InChI is InChI=1S/C13H23N3O4/c1-9(2)11(12(18)19)14-13(20)15(3)8-10(17)16-6-4-5-7-16/h9,11H,4-8H2,1-3H3,(H,14,20)(H,18,19)/t11-/m0/s1. The molecule has 1 saturated heterocycles. The Labute approximate surface area is 118 Å². The van der Waals surface area contributed by atoms with Gasteiger partial charge in [-0.15, -0.1) is 0 Å². The molecule has 1 atom stereocenters. The Morgan fingerprint density at radius 3 is 2.25 bits per heavy atom. The monoisotopic (exact) mass is 285 g/mol. The topological polar surface area (TPSA) is 90.0 Å². The second-order valence-electron chi connectivity index (χ2n) is 5.45. The van der Waals surface area contributed by atoms with E-state index in [0.29, 0.717) is 0 Å². The van der Waals surface area contributed by atoms with Gasteiger partial charge in [0.2, 0.25) is 5.91 Å². The van der Waals surface area contributed by atoms with E-state index < -0.39 is 18.0 Å². The number of rotatable bonds is 5. The number of hydrogen-bond acceptors (Lipinski definition) is 3. The lowest BCUT2D eigenvalue weighted by atomic mass is 10.1. The maximum Gasteiger partial charge on any atom is 0.326 e. The first kappa shape index (κ1) is 16.3. The lowest BCUT2D eigenvalue weighted by molar-refractivity contribution is -0.140. The van der Waals surface area contributed by atoms with Crippen molar-refractivity contribution in [2.45, 2.75) is 32.7 Å². The molecule has 0 saturated carbocycles. The van der Waals surface area contributed by atoms with Gasteiger partial charge in [-0.05, 0) is 18.8 Å². The predicted molar refractivity (Wildman–Crippen MR) is 73.2 cm³/mol. The highest BCUT2D eigenvalue weighted by atomic mass is 16.4. The Bertz CT molecular complexity index is 378. The number of likely N-dealkylation sites (tertiary alicyclic amines) is 1. The third-order valence-corrected chi connectivity index (χ3v) is 3.39. The van der Waals surface area contributed by atoms with Crippen LogP contribution in [0.5, 0.6) is 0 Å². The fraction of sp³-hybridized carbons (Fsp3) is 0.769. The number of carboxylic acids is 1. The summed E-state index contributed by atoms with van der Waals surface area (Å²) in [5, 5.41) is 11.4. The molecule has 0 aliphatic carbocycles. The average molecular weight is 285 g/mol. The summed E-state index contributed by atoms with van der Waals surface area (Å²) >= 11 is 0. The maximum absolute atomic E-state index is 11.9. The lowest BCUT2D eigenvalue weighted by Crippen LogP contribution is -2.51. The van der Waals surface area contributed by atoms with Crippen LogP contribution in [0, 0.1) is 5.92 Å². The van der Waals surface area contributed by atoms with Gasteiger partial charge in [-0.2, -0.15) is 0 Å². The van der Waals surface area contributed by atoms with Gasteiger partial charge in [0.05, 0.1) is 0 Å². The zero-order valence-corrected chi connectivity index (χ0v) is 12.3. The van der Waals surface area contributed by atoms with E-state index in [0.717, 1.165) is 25.9 Å². The van der Waals surface area contributed by atoms with E-state index in [-0.39, 0.29) is 18.4 Å². The van der Waals surface area contributed by atoms with E-state index in [1.165, 1.54) is 11.9 Å². The van der Waals surface area contributed by atoms with Crippen LogP contribution in [0.3, 0.4) is 0 Å². The first-order chi connectivity index (χ1) is 9.32. The largest absolute Gasteiger partial charge is 0.480 e. The van der Waals surface area contributed by atoms with E-state index in [4.69, 9.17) is 5.11 Å². The first-order valence-corrected chi connectivity index (χ1v) is 6.85. The number of nitrogens with zero attached hydrogens (tertiary/aromatic N) is 2. The molecule has 1 aliphatic heterocycles. The average Bonchev–Trinajstić information content (AvgIpc) is 2.88. The fourth-order valence-corrected chi connectivity index (χ4v) is 2.10. The highest BCUT2D eigenvalue weighted by molar-refractivity contribution is 5.86. The van der Waals surface area contributed by atoms with Crippen LogP contribution >= 0.6 is 0 Å². The Kier molecular flexibility index (Phi) is 5.79. The minimum Gasteiger partial charge on any atom is -0.480 e. The minimum atomic E-state index is -1.08. The summed E-state index contributed by atoms with van der Waals surface area (Å²) in [5.74, 6) is -1.40. The van der Waals surface area contributed by atoms with Gasteiger partial charge in [0.15, 0.2) is 0 Å². The van der Waals surface area contributed by atoms with E-state index in [2.05, 4.69) is 5.32 Å². The van der Waals surface area contributed by atoms with E-state index in [9.17, 15) is 14.4 Å². The van der Waals surface area contributed by atoms with Crippen molar-refractivity contribution in [3.63, 3.8) is 0 Å². The molecule has 2 N–H and O–H groups in total. The highest BCUT2D eigenvalue weighted by Gasteiger charge is 2.26.